The first-order chi connectivity index (χ1) is 17.1. The fourth-order valence-electron chi connectivity index (χ4n) is 4.29. The zero-order chi connectivity index (χ0) is 24.6. The molecule has 35 heavy (non-hydrogen) atoms. The average molecular weight is 478 g/mol. The Bertz CT molecular complexity index is 1130. The molecule has 0 unspecified atom stereocenters. The van der Waals surface area contributed by atoms with Crippen LogP contribution in [-0.2, 0) is 13.2 Å². The second-order valence-corrected chi connectivity index (χ2v) is 8.60. The van der Waals surface area contributed by atoms with Crippen LogP contribution in [0.2, 0.25) is 0 Å². The molecule has 1 N–H and O–H groups in total. The fraction of sp³-hybridized carbons (Fsp3) is 0.333. The van der Waals surface area contributed by atoms with Crippen LogP contribution in [0.15, 0.2) is 66.7 Å². The number of nitrogens with zero attached hydrogens (tertiary/aromatic N) is 2. The van der Waals surface area contributed by atoms with Gasteiger partial charge in [-0.2, -0.15) is 0 Å². The second kappa shape index (κ2) is 11.6. The molecule has 8 nitrogen and oxygen atoms in total. The summed E-state index contributed by atoms with van der Waals surface area (Å²) < 4.78 is 16.9. The Balaban J connectivity index is 1.33. The van der Waals surface area contributed by atoms with Gasteiger partial charge >= 0.3 is 0 Å². The van der Waals surface area contributed by atoms with Crippen LogP contribution in [0.3, 0.4) is 0 Å². The number of hydrogen-bond acceptors (Lipinski definition) is 7. The number of benzene rings is 3. The van der Waals surface area contributed by atoms with E-state index in [2.05, 4.69) is 22.3 Å². The summed E-state index contributed by atoms with van der Waals surface area (Å²) in [4.78, 5) is 13.0. The van der Waals surface area contributed by atoms with Gasteiger partial charge in [-0.25, -0.2) is 0 Å². The summed E-state index contributed by atoms with van der Waals surface area (Å²) in [6.07, 6.45) is 1.93. The normalized spacial score (nSPS) is 14.3. The number of ether oxygens (including phenoxy) is 3. The molecular weight excluding hydrogens is 446 g/mol. The minimum Gasteiger partial charge on any atom is -0.494 e. The first kappa shape index (κ1) is 24.3. The minimum atomic E-state index is -0.415. The van der Waals surface area contributed by atoms with Crippen LogP contribution in [0.25, 0.3) is 0 Å². The van der Waals surface area contributed by atoms with Crippen LogP contribution in [-0.4, -0.2) is 43.2 Å². The third-order valence-corrected chi connectivity index (χ3v) is 6.21. The average Bonchev–Trinajstić information content (AvgIpc) is 2.89. The van der Waals surface area contributed by atoms with Gasteiger partial charge in [-0.05, 0) is 42.2 Å². The Kier molecular flexibility index (Phi) is 8.05. The van der Waals surface area contributed by atoms with Crippen molar-refractivity contribution in [3.63, 3.8) is 0 Å². The van der Waals surface area contributed by atoms with E-state index in [1.165, 1.54) is 24.8 Å². The van der Waals surface area contributed by atoms with Crippen molar-refractivity contribution in [3.8, 4) is 17.2 Å². The molecule has 8 heteroatoms. The molecule has 0 saturated carbocycles. The third-order valence-electron chi connectivity index (χ3n) is 6.21. The fourth-order valence-corrected chi connectivity index (χ4v) is 4.29. The molecule has 0 radical (unpaired) electrons. The molecule has 184 valence electrons. The molecule has 1 aliphatic rings. The lowest BCUT2D eigenvalue weighted by atomic mass is 10.0. The van der Waals surface area contributed by atoms with E-state index in [1.54, 1.807) is 13.2 Å². The number of nitro benzene ring substituents is 1. The van der Waals surface area contributed by atoms with E-state index in [4.69, 9.17) is 14.2 Å². The maximum absolute atomic E-state index is 11.0. The van der Waals surface area contributed by atoms with E-state index in [9.17, 15) is 10.1 Å². The van der Waals surface area contributed by atoms with Gasteiger partial charge in [-0.3, -0.25) is 15.0 Å². The molecular formula is C27H31N3O5. The van der Waals surface area contributed by atoms with Gasteiger partial charge in [-0.15, -0.1) is 0 Å². The summed E-state index contributed by atoms with van der Waals surface area (Å²) >= 11 is 0. The van der Waals surface area contributed by atoms with Gasteiger partial charge in [-0.1, -0.05) is 36.4 Å². The van der Waals surface area contributed by atoms with Gasteiger partial charge in [0.15, 0.2) is 11.5 Å². The Morgan fingerprint density at radius 3 is 2.34 bits per heavy atom. The predicted molar refractivity (Wildman–Crippen MR) is 135 cm³/mol. The molecule has 0 aliphatic carbocycles. The van der Waals surface area contributed by atoms with Crippen molar-refractivity contribution in [1.82, 2.24) is 4.90 Å². The Morgan fingerprint density at radius 1 is 0.914 bits per heavy atom. The molecule has 1 aliphatic heterocycles. The van der Waals surface area contributed by atoms with E-state index in [-0.39, 0.29) is 11.7 Å². The number of non-ortho nitro benzene ring substituents is 1. The largest absolute Gasteiger partial charge is 0.494 e. The monoisotopic (exact) mass is 477 g/mol. The summed E-state index contributed by atoms with van der Waals surface area (Å²) in [7, 11) is 3.18. The molecule has 3 aromatic rings. The Hall–Kier alpha value is -3.78. The van der Waals surface area contributed by atoms with Gasteiger partial charge in [0.2, 0.25) is 0 Å². The van der Waals surface area contributed by atoms with E-state index < -0.39 is 4.92 Å². The molecule has 4 rings (SSSR count). The highest BCUT2D eigenvalue weighted by atomic mass is 16.6. The van der Waals surface area contributed by atoms with Crippen molar-refractivity contribution in [2.45, 2.75) is 32.0 Å². The smallest absolute Gasteiger partial charge is 0.273 e. The van der Waals surface area contributed by atoms with Crippen molar-refractivity contribution in [2.75, 3.05) is 32.6 Å². The lowest BCUT2D eigenvalue weighted by Gasteiger charge is -2.33. The lowest BCUT2D eigenvalue weighted by molar-refractivity contribution is -0.384. The van der Waals surface area contributed by atoms with Crippen molar-refractivity contribution in [3.05, 3.63) is 88.0 Å². The SMILES string of the molecule is COc1cc([N+](=O)[O-])ccc1NC1CCN(Cc2ccc(OC)c(OCc3ccccc3)c2)CC1. The zero-order valence-corrected chi connectivity index (χ0v) is 20.1. The number of piperidine rings is 1. The van der Waals surface area contributed by atoms with E-state index >= 15 is 0 Å². The van der Waals surface area contributed by atoms with Crippen molar-refractivity contribution in [1.29, 1.82) is 0 Å². The van der Waals surface area contributed by atoms with Crippen LogP contribution in [0, 0.1) is 10.1 Å². The highest BCUT2D eigenvalue weighted by Crippen LogP contribution is 2.32. The predicted octanol–water partition coefficient (Wildman–Crippen LogP) is 5.27. The standard InChI is InChI=1S/C27H31N3O5/c1-33-25-11-8-21(16-27(25)35-19-20-6-4-3-5-7-20)18-29-14-12-22(13-15-29)28-24-10-9-23(30(31)32)17-26(24)34-2/h3-11,16-17,22,28H,12-15,18-19H2,1-2H3. The van der Waals surface area contributed by atoms with Crippen LogP contribution >= 0.6 is 0 Å². The molecule has 1 saturated heterocycles. The highest BCUT2D eigenvalue weighted by molar-refractivity contribution is 5.61. The van der Waals surface area contributed by atoms with Gasteiger partial charge < -0.3 is 19.5 Å². The quantitative estimate of drug-likeness (QED) is 0.315. The van der Waals surface area contributed by atoms with Crippen LogP contribution in [0.1, 0.15) is 24.0 Å². The third kappa shape index (κ3) is 6.42. The van der Waals surface area contributed by atoms with E-state index in [1.807, 2.05) is 36.4 Å². The first-order valence-electron chi connectivity index (χ1n) is 11.7. The number of nitro groups is 1. The maximum Gasteiger partial charge on any atom is 0.273 e. The van der Waals surface area contributed by atoms with Gasteiger partial charge in [0.25, 0.3) is 5.69 Å². The van der Waals surface area contributed by atoms with Crippen LogP contribution in [0.4, 0.5) is 11.4 Å². The molecule has 0 atom stereocenters. The van der Waals surface area contributed by atoms with Gasteiger partial charge in [0.05, 0.1) is 30.9 Å². The summed E-state index contributed by atoms with van der Waals surface area (Å²) in [6.45, 7) is 3.21. The van der Waals surface area contributed by atoms with Crippen molar-refractivity contribution in [2.24, 2.45) is 0 Å². The van der Waals surface area contributed by atoms with Crippen molar-refractivity contribution >= 4 is 11.4 Å². The Morgan fingerprint density at radius 2 is 1.66 bits per heavy atom. The molecule has 0 bridgehead atoms. The Labute approximate surface area is 205 Å². The topological polar surface area (TPSA) is 86.1 Å². The van der Waals surface area contributed by atoms with Gasteiger partial charge in [0, 0.05) is 31.7 Å². The summed E-state index contributed by atoms with van der Waals surface area (Å²) in [5.74, 6) is 1.96. The number of anilines is 1. The molecule has 3 aromatic carbocycles. The molecule has 1 fully saturated rings. The number of hydrogen-bond donors (Lipinski definition) is 1. The zero-order valence-electron chi connectivity index (χ0n) is 20.1. The number of rotatable bonds is 10. The number of likely N-dealkylation sites (tertiary alicyclic amines) is 1. The number of nitrogens with one attached hydrogen (secondary N) is 1. The molecule has 0 amide bonds. The molecule has 0 aromatic heterocycles. The lowest BCUT2D eigenvalue weighted by Crippen LogP contribution is -2.38. The summed E-state index contributed by atoms with van der Waals surface area (Å²) in [5.41, 5.74) is 3.09. The summed E-state index contributed by atoms with van der Waals surface area (Å²) in [6, 6.07) is 21.1. The molecule has 1 heterocycles. The minimum absolute atomic E-state index is 0.0221. The second-order valence-electron chi connectivity index (χ2n) is 8.60. The first-order valence-corrected chi connectivity index (χ1v) is 11.7. The van der Waals surface area contributed by atoms with Gasteiger partial charge in [0.1, 0.15) is 12.4 Å². The van der Waals surface area contributed by atoms with E-state index in [0.29, 0.717) is 12.4 Å². The van der Waals surface area contributed by atoms with Crippen LogP contribution < -0.4 is 19.5 Å². The van der Waals surface area contributed by atoms with Crippen LogP contribution in [0.5, 0.6) is 17.2 Å². The summed E-state index contributed by atoms with van der Waals surface area (Å²) in [5, 5.41) is 14.5. The van der Waals surface area contributed by atoms with Crippen molar-refractivity contribution < 1.29 is 19.1 Å². The number of methoxy groups -OCH3 is 2. The maximum atomic E-state index is 11.0. The van der Waals surface area contributed by atoms with E-state index in [0.717, 1.165) is 55.2 Å². The highest BCUT2D eigenvalue weighted by Gasteiger charge is 2.21. The molecule has 0 spiro atoms.